The van der Waals surface area contributed by atoms with Gasteiger partial charge in [0.05, 0.1) is 31.8 Å². The lowest BCUT2D eigenvalue weighted by Crippen LogP contribution is -2.36. The molecule has 9 heteroatoms. The molecule has 2 N–H and O–H groups in total. The highest BCUT2D eigenvalue weighted by molar-refractivity contribution is 6.00. The van der Waals surface area contributed by atoms with Gasteiger partial charge in [0.15, 0.2) is 11.5 Å². The molecule has 2 aromatic carbocycles. The smallest absolute Gasteiger partial charge is 0.286 e. The van der Waals surface area contributed by atoms with Crippen LogP contribution in [0.5, 0.6) is 11.5 Å². The number of hydrogen-bond donors (Lipinski definition) is 2. The average Bonchev–Trinajstić information content (AvgIpc) is 2.69. The van der Waals surface area contributed by atoms with Gasteiger partial charge in [0.1, 0.15) is 5.56 Å². The van der Waals surface area contributed by atoms with Gasteiger partial charge in [0, 0.05) is 12.6 Å². The van der Waals surface area contributed by atoms with Gasteiger partial charge >= 0.3 is 0 Å². The zero-order valence-corrected chi connectivity index (χ0v) is 14.9. The van der Waals surface area contributed by atoms with Crippen molar-refractivity contribution >= 4 is 17.5 Å². The first-order valence-electron chi connectivity index (χ1n) is 7.95. The number of rotatable bonds is 8. The second-order valence-corrected chi connectivity index (χ2v) is 5.43. The molecule has 0 fully saturated rings. The third-order valence-corrected chi connectivity index (χ3v) is 3.69. The van der Waals surface area contributed by atoms with Gasteiger partial charge in [-0.3, -0.25) is 19.7 Å². The number of nitro benzene ring substituents is 1. The molecule has 0 bridgehead atoms. The van der Waals surface area contributed by atoms with Crippen LogP contribution < -0.4 is 20.1 Å². The molecule has 0 spiro atoms. The quantitative estimate of drug-likeness (QED) is 0.536. The summed E-state index contributed by atoms with van der Waals surface area (Å²) < 4.78 is 10.1. The van der Waals surface area contributed by atoms with Crippen molar-refractivity contribution in [2.75, 3.05) is 20.8 Å². The van der Waals surface area contributed by atoms with Gasteiger partial charge in [0.2, 0.25) is 5.91 Å². The van der Waals surface area contributed by atoms with Crippen molar-refractivity contribution in [3.05, 3.63) is 63.7 Å². The Morgan fingerprint density at radius 3 is 2.26 bits per heavy atom. The van der Waals surface area contributed by atoms with Crippen LogP contribution in [-0.4, -0.2) is 37.5 Å². The second-order valence-electron chi connectivity index (χ2n) is 5.43. The van der Waals surface area contributed by atoms with Crippen LogP contribution in [0.25, 0.3) is 0 Å². The highest BCUT2D eigenvalue weighted by Gasteiger charge is 2.24. The van der Waals surface area contributed by atoms with Crippen LogP contribution in [0.3, 0.4) is 0 Å². The van der Waals surface area contributed by atoms with E-state index in [-0.39, 0.29) is 23.6 Å². The first-order valence-corrected chi connectivity index (χ1v) is 7.95. The average molecular weight is 373 g/mol. The number of nitrogens with zero attached hydrogens (tertiary/aromatic N) is 1. The summed E-state index contributed by atoms with van der Waals surface area (Å²) in [5, 5.41) is 16.3. The maximum absolute atomic E-state index is 12.3. The zero-order chi connectivity index (χ0) is 19.8. The number of carbonyl (C=O) groups excluding carboxylic acids is 2. The van der Waals surface area contributed by atoms with Crippen LogP contribution in [0.2, 0.25) is 0 Å². The summed E-state index contributed by atoms with van der Waals surface area (Å²) in [5.41, 5.74) is 0.232. The molecule has 0 radical (unpaired) electrons. The maximum Gasteiger partial charge on any atom is 0.286 e. The van der Waals surface area contributed by atoms with Crippen molar-refractivity contribution in [2.24, 2.45) is 0 Å². The number of benzene rings is 2. The van der Waals surface area contributed by atoms with Crippen LogP contribution in [0.4, 0.5) is 5.69 Å². The molecule has 142 valence electrons. The topological polar surface area (TPSA) is 120 Å². The molecular formula is C18H19N3O6. The summed E-state index contributed by atoms with van der Waals surface area (Å²) in [7, 11) is 2.68. The number of hydrogen-bond acceptors (Lipinski definition) is 6. The predicted octanol–water partition coefficient (Wildman–Crippen LogP) is 1.66. The molecule has 0 aliphatic heterocycles. The molecule has 0 aliphatic carbocycles. The van der Waals surface area contributed by atoms with Crippen molar-refractivity contribution in [1.29, 1.82) is 0 Å². The fraction of sp³-hybridized carbons (Fsp3) is 0.222. The molecular weight excluding hydrogens is 354 g/mol. The number of amides is 2. The van der Waals surface area contributed by atoms with Crippen molar-refractivity contribution in [2.45, 2.75) is 6.54 Å². The van der Waals surface area contributed by atoms with E-state index in [1.165, 1.54) is 20.3 Å². The summed E-state index contributed by atoms with van der Waals surface area (Å²) in [6.45, 7) is -0.0107. The first-order chi connectivity index (χ1) is 13.0. The molecule has 0 aliphatic rings. The van der Waals surface area contributed by atoms with Gasteiger partial charge in [-0.15, -0.1) is 0 Å². The normalized spacial score (nSPS) is 10.0. The van der Waals surface area contributed by atoms with Crippen LogP contribution in [0.1, 0.15) is 15.9 Å². The third kappa shape index (κ3) is 5.18. The van der Waals surface area contributed by atoms with E-state index < -0.39 is 22.4 Å². The summed E-state index contributed by atoms with van der Waals surface area (Å²) >= 11 is 0. The van der Waals surface area contributed by atoms with Crippen molar-refractivity contribution in [1.82, 2.24) is 10.6 Å². The number of nitro groups is 1. The molecule has 9 nitrogen and oxygen atoms in total. The van der Waals surface area contributed by atoms with Gasteiger partial charge < -0.3 is 20.1 Å². The lowest BCUT2D eigenvalue weighted by molar-refractivity contribution is -0.385. The van der Waals surface area contributed by atoms with E-state index in [2.05, 4.69) is 10.6 Å². The minimum Gasteiger partial charge on any atom is -0.493 e. The Balaban J connectivity index is 2.04. The van der Waals surface area contributed by atoms with E-state index in [9.17, 15) is 19.7 Å². The van der Waals surface area contributed by atoms with E-state index in [1.807, 2.05) is 30.3 Å². The Kier molecular flexibility index (Phi) is 6.70. The van der Waals surface area contributed by atoms with E-state index in [0.29, 0.717) is 6.54 Å². The molecule has 27 heavy (non-hydrogen) atoms. The van der Waals surface area contributed by atoms with Gasteiger partial charge in [-0.05, 0) is 5.56 Å². The Hall–Kier alpha value is -3.62. The number of ether oxygens (including phenoxy) is 2. The van der Waals surface area contributed by atoms with Crippen molar-refractivity contribution in [3.8, 4) is 11.5 Å². The van der Waals surface area contributed by atoms with Gasteiger partial charge in [-0.25, -0.2) is 0 Å². The standard InChI is InChI=1S/C18H19N3O6/c1-26-15-8-13(14(21(24)25)9-16(15)27-2)18(23)20-11-17(22)19-10-12-6-4-3-5-7-12/h3-9H,10-11H2,1-2H3,(H,19,22)(H,20,23). The largest absolute Gasteiger partial charge is 0.493 e. The van der Waals surface area contributed by atoms with Crippen LogP contribution in [-0.2, 0) is 11.3 Å². The minimum atomic E-state index is -0.766. The molecule has 2 aromatic rings. The third-order valence-electron chi connectivity index (χ3n) is 3.69. The monoisotopic (exact) mass is 373 g/mol. The summed E-state index contributed by atoms with van der Waals surface area (Å²) in [5.74, 6) is -0.893. The Labute approximate surface area is 155 Å². The van der Waals surface area contributed by atoms with E-state index in [1.54, 1.807) is 0 Å². The highest BCUT2D eigenvalue weighted by Crippen LogP contribution is 2.34. The molecule has 0 atom stereocenters. The maximum atomic E-state index is 12.3. The van der Waals surface area contributed by atoms with Gasteiger partial charge in [-0.1, -0.05) is 30.3 Å². The Morgan fingerprint density at radius 1 is 1.04 bits per heavy atom. The van der Waals surface area contributed by atoms with Crippen molar-refractivity contribution < 1.29 is 24.0 Å². The first kappa shape index (κ1) is 19.7. The molecule has 0 heterocycles. The fourth-order valence-electron chi connectivity index (χ4n) is 2.32. The molecule has 0 aromatic heterocycles. The van der Waals surface area contributed by atoms with E-state index >= 15 is 0 Å². The van der Waals surface area contributed by atoms with Crippen LogP contribution in [0, 0.1) is 10.1 Å². The summed E-state index contributed by atoms with van der Waals surface area (Å²) in [6, 6.07) is 11.6. The van der Waals surface area contributed by atoms with Crippen molar-refractivity contribution in [3.63, 3.8) is 0 Å². The number of methoxy groups -OCH3 is 2. The Morgan fingerprint density at radius 2 is 1.67 bits per heavy atom. The summed E-state index contributed by atoms with van der Waals surface area (Å²) in [4.78, 5) is 34.8. The lowest BCUT2D eigenvalue weighted by atomic mass is 10.1. The van der Waals surface area contributed by atoms with Crippen LogP contribution >= 0.6 is 0 Å². The minimum absolute atomic E-state index is 0.126. The molecule has 0 unspecified atom stereocenters. The molecule has 0 saturated carbocycles. The lowest BCUT2D eigenvalue weighted by Gasteiger charge is -2.11. The second kappa shape index (κ2) is 9.18. The fourth-order valence-corrected chi connectivity index (χ4v) is 2.32. The summed E-state index contributed by atoms with van der Waals surface area (Å²) in [6.07, 6.45) is 0. The zero-order valence-electron chi connectivity index (χ0n) is 14.9. The van der Waals surface area contributed by atoms with Gasteiger partial charge in [-0.2, -0.15) is 0 Å². The number of nitrogens with one attached hydrogen (secondary N) is 2. The molecule has 0 saturated heterocycles. The highest BCUT2D eigenvalue weighted by atomic mass is 16.6. The van der Waals surface area contributed by atoms with E-state index in [4.69, 9.17) is 9.47 Å². The predicted molar refractivity (Wildman–Crippen MR) is 96.8 cm³/mol. The van der Waals surface area contributed by atoms with Gasteiger partial charge in [0.25, 0.3) is 11.6 Å². The van der Waals surface area contributed by atoms with E-state index in [0.717, 1.165) is 11.6 Å². The van der Waals surface area contributed by atoms with Crippen LogP contribution in [0.15, 0.2) is 42.5 Å². The Bertz CT molecular complexity index is 838. The molecule has 2 rings (SSSR count). The number of carbonyl (C=O) groups is 2. The molecule has 2 amide bonds. The SMILES string of the molecule is COc1cc(C(=O)NCC(=O)NCc2ccccc2)c([N+](=O)[O-])cc1OC.